The molecule has 0 unspecified atom stereocenters. The Kier molecular flexibility index (Phi) is 50.6. The Morgan fingerprint density at radius 3 is 0.970 bits per heavy atom. The molecule has 0 heterocycles. The highest BCUT2D eigenvalue weighted by atomic mass is 16.6. The van der Waals surface area contributed by atoms with Crippen molar-refractivity contribution in [2.24, 2.45) is 0 Å². The van der Waals surface area contributed by atoms with Crippen molar-refractivity contribution >= 4 is 17.9 Å². The monoisotopic (exact) mass is 925 g/mol. The van der Waals surface area contributed by atoms with Crippen molar-refractivity contribution in [2.75, 3.05) is 13.2 Å². The minimum absolute atomic E-state index is 0.119. The van der Waals surface area contributed by atoms with E-state index in [9.17, 15) is 14.4 Å². The van der Waals surface area contributed by atoms with E-state index < -0.39 is 6.10 Å². The van der Waals surface area contributed by atoms with Gasteiger partial charge < -0.3 is 14.2 Å². The number of hydrogen-bond donors (Lipinski definition) is 0. The van der Waals surface area contributed by atoms with Gasteiger partial charge in [0.05, 0.1) is 0 Å². The number of ether oxygens (including phenoxy) is 3. The molecule has 0 saturated heterocycles. The van der Waals surface area contributed by atoms with Crippen LogP contribution in [0, 0.1) is 0 Å². The van der Waals surface area contributed by atoms with Gasteiger partial charge in [0.15, 0.2) is 6.10 Å². The molecule has 0 aliphatic carbocycles. The Morgan fingerprint density at radius 1 is 0.313 bits per heavy atom. The van der Waals surface area contributed by atoms with Crippen LogP contribution in [-0.2, 0) is 28.6 Å². The van der Waals surface area contributed by atoms with E-state index in [2.05, 4.69) is 154 Å². The predicted molar refractivity (Wildman–Crippen MR) is 288 cm³/mol. The molecule has 6 nitrogen and oxygen atoms in total. The molecule has 0 radical (unpaired) electrons. The molecule has 0 aromatic rings. The number of rotatable bonds is 46. The average Bonchev–Trinajstić information content (AvgIpc) is 3.33. The van der Waals surface area contributed by atoms with Gasteiger partial charge in [-0.1, -0.05) is 199 Å². The van der Waals surface area contributed by atoms with Crippen molar-refractivity contribution in [3.05, 3.63) is 134 Å². The zero-order valence-corrected chi connectivity index (χ0v) is 42.9. The summed E-state index contributed by atoms with van der Waals surface area (Å²) in [5, 5.41) is 0. The number of esters is 3. The normalized spacial score (nSPS) is 13.2. The van der Waals surface area contributed by atoms with Gasteiger partial charge in [0.25, 0.3) is 0 Å². The van der Waals surface area contributed by atoms with Gasteiger partial charge in [-0.25, -0.2) is 0 Å². The van der Waals surface area contributed by atoms with E-state index in [-0.39, 0.29) is 44.0 Å². The first-order chi connectivity index (χ1) is 33.0. The molecule has 0 aromatic heterocycles. The van der Waals surface area contributed by atoms with Gasteiger partial charge in [0.1, 0.15) is 13.2 Å². The van der Waals surface area contributed by atoms with Crippen molar-refractivity contribution in [2.45, 2.75) is 219 Å². The number of hydrogen-bond acceptors (Lipinski definition) is 6. The second-order valence-electron chi connectivity index (χ2n) is 17.0. The summed E-state index contributed by atoms with van der Waals surface area (Å²) in [7, 11) is 0. The van der Waals surface area contributed by atoms with E-state index in [0.29, 0.717) is 12.8 Å². The lowest BCUT2D eigenvalue weighted by atomic mass is 10.1. The first-order valence-corrected chi connectivity index (χ1v) is 26.7. The molecule has 0 bridgehead atoms. The third-order valence-corrected chi connectivity index (χ3v) is 10.6. The van der Waals surface area contributed by atoms with Gasteiger partial charge in [-0.3, -0.25) is 14.4 Å². The molecule has 0 N–H and O–H groups in total. The first kappa shape index (κ1) is 62.5. The van der Waals surface area contributed by atoms with Crippen LogP contribution in [-0.4, -0.2) is 37.2 Å². The summed E-state index contributed by atoms with van der Waals surface area (Å²) in [5.41, 5.74) is 0. The number of carbonyl (C=O) groups excluding carboxylic acids is 3. The SMILES string of the molecule is CC/C=C\C/C=C\C/C=C\C/C=C\CCCCCCC(=O)O[C@@H](COC(=O)CCC/C=C\C/C=C\C/C=C\C/C=C\CCCCC)COC(=O)CCCCCCC/C=C\C/C=C\C/C=C\CC. The molecule has 0 amide bonds. The summed E-state index contributed by atoms with van der Waals surface area (Å²) < 4.78 is 16.7. The summed E-state index contributed by atoms with van der Waals surface area (Å²) in [6, 6.07) is 0. The van der Waals surface area contributed by atoms with Crippen LogP contribution in [0.25, 0.3) is 0 Å². The van der Waals surface area contributed by atoms with E-state index in [1.165, 1.54) is 25.7 Å². The standard InChI is InChI=1S/C61H96O6/c1-4-7-10-13-16-19-22-25-28-30-33-36-39-42-45-48-51-54-60(63)66-57-58(56-65-59(62)53-50-47-44-41-38-35-32-27-24-21-18-15-12-9-6-3)67-61(64)55-52-49-46-43-40-37-34-31-29-26-23-20-17-14-11-8-5-2/h8-9,11-12,16-21,25-29,32-34,36-37,42,45,58H,4-7,10,13-15,22-24,30-31,35,38-41,43-44,46-57H2,1-3H3/b11-8-,12-9-,19-16-,20-17-,21-18-,28-25-,29-26-,32-27-,36-33-,37-34-,45-42-/t58-/m1/s1. The Bertz CT molecular complexity index is 1480. The third-order valence-electron chi connectivity index (χ3n) is 10.6. The van der Waals surface area contributed by atoms with Crippen molar-refractivity contribution < 1.29 is 28.6 Å². The summed E-state index contributed by atoms with van der Waals surface area (Å²) in [6.07, 6.45) is 75.8. The van der Waals surface area contributed by atoms with Crippen LogP contribution in [0.2, 0.25) is 0 Å². The zero-order valence-electron chi connectivity index (χ0n) is 42.9. The highest BCUT2D eigenvalue weighted by molar-refractivity contribution is 5.71. The highest BCUT2D eigenvalue weighted by Crippen LogP contribution is 2.12. The molecule has 376 valence electrons. The van der Waals surface area contributed by atoms with Crippen molar-refractivity contribution in [3.8, 4) is 0 Å². The fourth-order valence-corrected chi connectivity index (χ4v) is 6.67. The van der Waals surface area contributed by atoms with Crippen LogP contribution in [0.3, 0.4) is 0 Å². The van der Waals surface area contributed by atoms with Gasteiger partial charge in [0, 0.05) is 19.3 Å². The number of unbranched alkanes of at least 4 members (excludes halogenated alkanes) is 13. The first-order valence-electron chi connectivity index (χ1n) is 26.7. The maximum atomic E-state index is 12.8. The molecule has 1 atom stereocenters. The lowest BCUT2D eigenvalue weighted by Crippen LogP contribution is -2.30. The molecular weight excluding hydrogens is 829 g/mol. The van der Waals surface area contributed by atoms with Crippen LogP contribution >= 0.6 is 0 Å². The van der Waals surface area contributed by atoms with Crippen LogP contribution in [0.5, 0.6) is 0 Å². The molecule has 0 saturated carbocycles. The predicted octanol–water partition coefficient (Wildman–Crippen LogP) is 17.9. The third kappa shape index (κ3) is 52.4. The molecule has 0 fully saturated rings. The van der Waals surface area contributed by atoms with E-state index in [0.717, 1.165) is 141 Å². The largest absolute Gasteiger partial charge is 0.462 e. The topological polar surface area (TPSA) is 78.9 Å². The molecule has 67 heavy (non-hydrogen) atoms. The maximum Gasteiger partial charge on any atom is 0.306 e. The van der Waals surface area contributed by atoms with Gasteiger partial charge in [0.2, 0.25) is 0 Å². The van der Waals surface area contributed by atoms with Crippen LogP contribution in [0.4, 0.5) is 0 Å². The molecule has 0 aliphatic heterocycles. The average molecular weight is 925 g/mol. The summed E-state index contributed by atoms with van der Waals surface area (Å²) in [4.78, 5) is 38.0. The zero-order chi connectivity index (χ0) is 48.6. The highest BCUT2D eigenvalue weighted by Gasteiger charge is 2.19. The lowest BCUT2D eigenvalue weighted by molar-refractivity contribution is -0.167. The Labute approximate surface area is 411 Å². The minimum atomic E-state index is -0.825. The fourth-order valence-electron chi connectivity index (χ4n) is 6.67. The van der Waals surface area contributed by atoms with Crippen molar-refractivity contribution in [3.63, 3.8) is 0 Å². The van der Waals surface area contributed by atoms with E-state index in [1.54, 1.807) is 0 Å². The van der Waals surface area contributed by atoms with Crippen molar-refractivity contribution in [1.82, 2.24) is 0 Å². The second-order valence-corrected chi connectivity index (χ2v) is 17.0. The quantitative estimate of drug-likeness (QED) is 0.0262. The summed E-state index contributed by atoms with van der Waals surface area (Å²) in [5.74, 6) is -1.03. The molecule has 0 aliphatic rings. The van der Waals surface area contributed by atoms with Gasteiger partial charge >= 0.3 is 17.9 Å². The molecule has 6 heteroatoms. The number of allylic oxidation sites excluding steroid dienone is 22. The van der Waals surface area contributed by atoms with E-state index in [1.807, 2.05) is 0 Å². The molecule has 0 spiro atoms. The smallest absolute Gasteiger partial charge is 0.306 e. The Morgan fingerprint density at radius 2 is 0.597 bits per heavy atom. The second kappa shape index (κ2) is 54.2. The Balaban J connectivity index is 4.58. The maximum absolute atomic E-state index is 12.8. The van der Waals surface area contributed by atoms with Gasteiger partial charge in [-0.05, 0) is 128 Å². The number of carbonyl (C=O) groups is 3. The lowest BCUT2D eigenvalue weighted by Gasteiger charge is -2.18. The van der Waals surface area contributed by atoms with E-state index >= 15 is 0 Å². The minimum Gasteiger partial charge on any atom is -0.462 e. The molecule has 0 aromatic carbocycles. The van der Waals surface area contributed by atoms with Crippen molar-refractivity contribution in [1.29, 1.82) is 0 Å². The summed E-state index contributed by atoms with van der Waals surface area (Å²) >= 11 is 0. The molecule has 0 rings (SSSR count). The van der Waals surface area contributed by atoms with Crippen LogP contribution in [0.15, 0.2) is 134 Å². The fraction of sp³-hybridized carbons (Fsp3) is 0.590. The van der Waals surface area contributed by atoms with Gasteiger partial charge in [-0.15, -0.1) is 0 Å². The molecular formula is C61H96O6. The van der Waals surface area contributed by atoms with E-state index in [4.69, 9.17) is 14.2 Å². The van der Waals surface area contributed by atoms with Crippen LogP contribution in [0.1, 0.15) is 213 Å². The van der Waals surface area contributed by atoms with Crippen LogP contribution < -0.4 is 0 Å². The van der Waals surface area contributed by atoms with Gasteiger partial charge in [-0.2, -0.15) is 0 Å². The Hall–Kier alpha value is -4.45. The summed E-state index contributed by atoms with van der Waals surface area (Å²) in [6.45, 7) is 6.28.